The lowest BCUT2D eigenvalue weighted by atomic mass is 10.0. The molecule has 4 heteroatoms. The van der Waals surface area contributed by atoms with Crippen LogP contribution in [0.1, 0.15) is 30.0 Å². The number of allylic oxidation sites excluding steroid dienone is 4. The number of hydrogen-bond donors (Lipinski definition) is 0. The van der Waals surface area contributed by atoms with E-state index in [1.165, 1.54) is 0 Å². The zero-order valence-corrected chi connectivity index (χ0v) is 11.4. The van der Waals surface area contributed by atoms with Crippen LogP contribution in [-0.4, -0.2) is 0 Å². The van der Waals surface area contributed by atoms with Gasteiger partial charge in [0.1, 0.15) is 0 Å². The van der Waals surface area contributed by atoms with E-state index in [2.05, 4.69) is 9.69 Å². The molecule has 1 aliphatic rings. The fourth-order valence-corrected chi connectivity index (χ4v) is 2.43. The molecule has 0 aromatic heterocycles. The van der Waals surface area contributed by atoms with Gasteiger partial charge in [0.2, 0.25) is 0 Å². The van der Waals surface area contributed by atoms with Crippen molar-refractivity contribution in [3.63, 3.8) is 0 Å². The lowest BCUT2D eigenvalue weighted by Crippen LogP contribution is -1.88. The molecule has 98 valence electrons. The van der Waals surface area contributed by atoms with Crippen molar-refractivity contribution in [1.82, 2.24) is 0 Å². The maximum Gasteiger partial charge on any atom is 0.265 e. The Hall–Kier alpha value is -3.34. The van der Waals surface area contributed by atoms with Gasteiger partial charge < -0.3 is 0 Å². The SMILES string of the molecule is [C-]#[N+]/C(C#N)=C1/C/C(=C(\C#N)[N+]#[C-])c2cc(CC)ccc21. The Morgan fingerprint density at radius 1 is 1.10 bits per heavy atom. The molecule has 0 saturated heterocycles. The van der Waals surface area contributed by atoms with Crippen LogP contribution < -0.4 is 0 Å². The standard InChI is InChI=1S/C17H10N4/c1-4-11-5-6-12-13(7-11)15(17(10-19)21-3)8-14(12)16(9-18)20-2/h5-7H,4,8H2,1H3/b16-14-,17-15-. The molecule has 0 spiro atoms. The van der Waals surface area contributed by atoms with Crippen molar-refractivity contribution in [1.29, 1.82) is 10.5 Å². The Morgan fingerprint density at radius 3 is 2.14 bits per heavy atom. The third-order valence-corrected chi connectivity index (χ3v) is 3.50. The molecule has 0 amide bonds. The molecule has 4 nitrogen and oxygen atoms in total. The lowest BCUT2D eigenvalue weighted by Gasteiger charge is -2.04. The van der Waals surface area contributed by atoms with Crippen LogP contribution in [0.25, 0.3) is 20.8 Å². The molecule has 0 bridgehead atoms. The fourth-order valence-electron chi connectivity index (χ4n) is 2.43. The van der Waals surface area contributed by atoms with Gasteiger partial charge in [-0.2, -0.15) is 0 Å². The highest BCUT2D eigenvalue weighted by molar-refractivity contribution is 5.97. The molecule has 1 aliphatic carbocycles. The van der Waals surface area contributed by atoms with E-state index in [-0.39, 0.29) is 11.4 Å². The molecule has 0 atom stereocenters. The molecule has 0 aliphatic heterocycles. The third-order valence-electron chi connectivity index (χ3n) is 3.50. The van der Waals surface area contributed by atoms with Gasteiger partial charge in [-0.1, -0.05) is 25.1 Å². The van der Waals surface area contributed by atoms with Crippen molar-refractivity contribution in [3.8, 4) is 12.1 Å². The van der Waals surface area contributed by atoms with Crippen LogP contribution in [0.4, 0.5) is 0 Å². The van der Waals surface area contributed by atoms with Crippen LogP contribution in [-0.2, 0) is 6.42 Å². The number of benzene rings is 1. The summed E-state index contributed by atoms with van der Waals surface area (Å²) in [6.45, 7) is 16.3. The lowest BCUT2D eigenvalue weighted by molar-refractivity contribution is 1.14. The first-order valence-electron chi connectivity index (χ1n) is 6.35. The Morgan fingerprint density at radius 2 is 1.67 bits per heavy atom. The molecule has 21 heavy (non-hydrogen) atoms. The number of nitrogens with zero attached hydrogens (tertiary/aromatic N) is 4. The summed E-state index contributed by atoms with van der Waals surface area (Å²) in [7, 11) is 0. The second kappa shape index (κ2) is 5.75. The minimum absolute atomic E-state index is 0.0257. The van der Waals surface area contributed by atoms with Crippen LogP contribution in [0.3, 0.4) is 0 Å². The number of fused-ring (bicyclic) bond motifs is 1. The maximum absolute atomic E-state index is 9.11. The zero-order valence-electron chi connectivity index (χ0n) is 11.4. The normalized spacial score (nSPS) is 16.8. The minimum Gasteiger partial charge on any atom is -0.226 e. The number of rotatable bonds is 1. The van der Waals surface area contributed by atoms with E-state index in [9.17, 15) is 0 Å². The van der Waals surface area contributed by atoms with Crippen molar-refractivity contribution < 1.29 is 0 Å². The smallest absolute Gasteiger partial charge is 0.226 e. The zero-order chi connectivity index (χ0) is 15.4. The molecule has 0 heterocycles. The second-order valence-electron chi connectivity index (χ2n) is 4.51. The predicted molar refractivity (Wildman–Crippen MR) is 78.7 cm³/mol. The van der Waals surface area contributed by atoms with E-state index < -0.39 is 0 Å². The summed E-state index contributed by atoms with van der Waals surface area (Å²) in [6.07, 6.45) is 1.13. The van der Waals surface area contributed by atoms with Crippen LogP contribution in [0.2, 0.25) is 0 Å². The molecular formula is C17H10N4. The van der Waals surface area contributed by atoms with Crippen molar-refractivity contribution in [2.75, 3.05) is 0 Å². The first-order chi connectivity index (χ1) is 10.2. The molecule has 1 aromatic carbocycles. The van der Waals surface area contributed by atoms with Gasteiger partial charge in [0.25, 0.3) is 11.4 Å². The molecule has 1 aromatic rings. The van der Waals surface area contributed by atoms with Crippen molar-refractivity contribution in [2.45, 2.75) is 19.8 Å². The Bertz CT molecular complexity index is 811. The van der Waals surface area contributed by atoms with Crippen LogP contribution in [0.15, 0.2) is 29.6 Å². The van der Waals surface area contributed by atoms with Gasteiger partial charge in [0, 0.05) is 0 Å². The first kappa shape index (κ1) is 14.1. The van der Waals surface area contributed by atoms with Gasteiger partial charge in [-0.25, -0.2) is 20.2 Å². The third kappa shape index (κ3) is 2.28. The summed E-state index contributed by atoms with van der Waals surface area (Å²) in [6, 6.07) is 9.58. The summed E-state index contributed by atoms with van der Waals surface area (Å²) in [4.78, 5) is 6.53. The van der Waals surface area contributed by atoms with Crippen molar-refractivity contribution in [2.24, 2.45) is 0 Å². The summed E-state index contributed by atoms with van der Waals surface area (Å²) in [5.41, 5.74) is 3.95. The Balaban J connectivity index is 2.84. The van der Waals surface area contributed by atoms with Crippen molar-refractivity contribution >= 4 is 11.1 Å². The summed E-state index contributed by atoms with van der Waals surface area (Å²) < 4.78 is 0. The van der Waals surface area contributed by atoms with E-state index in [0.29, 0.717) is 17.6 Å². The molecular weight excluding hydrogens is 260 g/mol. The molecule has 0 fully saturated rings. The average molecular weight is 270 g/mol. The number of hydrogen-bond acceptors (Lipinski definition) is 2. The van der Waals surface area contributed by atoms with E-state index in [1.54, 1.807) is 0 Å². The van der Waals surface area contributed by atoms with Crippen LogP contribution in [0, 0.1) is 35.8 Å². The maximum atomic E-state index is 9.11. The van der Waals surface area contributed by atoms with Gasteiger partial charge in [0.05, 0.1) is 25.3 Å². The summed E-state index contributed by atoms with van der Waals surface area (Å²) in [5.74, 6) is 0. The highest BCUT2D eigenvalue weighted by Crippen LogP contribution is 2.44. The van der Waals surface area contributed by atoms with Crippen molar-refractivity contribution in [3.05, 3.63) is 69.1 Å². The number of nitriles is 2. The van der Waals surface area contributed by atoms with Gasteiger partial charge in [-0.15, -0.1) is 0 Å². The molecule has 0 unspecified atom stereocenters. The van der Waals surface area contributed by atoms with E-state index >= 15 is 0 Å². The van der Waals surface area contributed by atoms with Gasteiger partial charge in [-0.3, -0.25) is 0 Å². The largest absolute Gasteiger partial charge is 0.265 e. The second-order valence-corrected chi connectivity index (χ2v) is 4.51. The Labute approximate surface area is 123 Å². The molecule has 2 rings (SSSR count). The highest BCUT2D eigenvalue weighted by atomic mass is 14.7. The monoisotopic (exact) mass is 270 g/mol. The fraction of sp³-hybridized carbons (Fsp3) is 0.176. The van der Waals surface area contributed by atoms with Crippen LogP contribution in [0.5, 0.6) is 0 Å². The number of aryl methyl sites for hydroxylation is 1. The topological polar surface area (TPSA) is 56.3 Å². The molecule has 0 radical (unpaired) electrons. The quantitative estimate of drug-likeness (QED) is 0.573. The van der Waals surface area contributed by atoms with Crippen LogP contribution >= 0.6 is 0 Å². The van der Waals surface area contributed by atoms with Gasteiger partial charge >= 0.3 is 0 Å². The minimum atomic E-state index is 0.0257. The average Bonchev–Trinajstić information content (AvgIpc) is 2.89. The van der Waals surface area contributed by atoms with E-state index in [4.69, 9.17) is 23.7 Å². The predicted octanol–water partition coefficient (Wildman–Crippen LogP) is 3.96. The first-order valence-corrected chi connectivity index (χ1v) is 6.35. The van der Waals surface area contributed by atoms with Gasteiger partial charge in [-0.05, 0) is 40.7 Å². The summed E-state index contributed by atoms with van der Waals surface area (Å²) >= 11 is 0. The summed E-state index contributed by atoms with van der Waals surface area (Å²) in [5, 5.41) is 18.2. The van der Waals surface area contributed by atoms with E-state index in [0.717, 1.165) is 23.1 Å². The molecule has 0 N–H and O–H groups in total. The van der Waals surface area contributed by atoms with Gasteiger partial charge in [0.15, 0.2) is 0 Å². The van der Waals surface area contributed by atoms with E-state index in [1.807, 2.05) is 37.3 Å². The Kier molecular flexibility index (Phi) is 3.85. The highest BCUT2D eigenvalue weighted by Gasteiger charge is 2.26. The molecule has 0 saturated carbocycles.